The monoisotopic (exact) mass is 135 g/mol. The summed E-state index contributed by atoms with van der Waals surface area (Å²) < 4.78 is 0. The number of phenols is 1. The molecule has 0 spiro atoms. The van der Waals surface area contributed by atoms with Gasteiger partial charge in [0, 0.05) is 0 Å². The maximum Gasteiger partial charge on any atom is 0.237 e. The van der Waals surface area contributed by atoms with Crippen molar-refractivity contribution < 1.29 is 9.90 Å². The number of aryl methyl sites for hydroxylation is 1. The molecule has 51 valence electrons. The molecule has 2 nitrogen and oxygen atoms in total. The van der Waals surface area contributed by atoms with Crippen LogP contribution in [-0.2, 0) is 4.79 Å². The summed E-state index contributed by atoms with van der Waals surface area (Å²) in [5, 5.41) is 9.03. The summed E-state index contributed by atoms with van der Waals surface area (Å²) in [6.45, 7) is 1.75. The molecule has 1 aromatic rings. The van der Waals surface area contributed by atoms with Crippen LogP contribution in [0, 0.1) is 6.92 Å². The molecule has 0 aliphatic carbocycles. The van der Waals surface area contributed by atoms with E-state index in [2.05, 4.69) is 0 Å². The molecule has 0 aliphatic rings. The van der Waals surface area contributed by atoms with Crippen molar-refractivity contribution >= 4 is 6.29 Å². The Hall–Kier alpha value is -1.31. The number of carbonyl (C=O) groups excluding carboxylic acids is 1. The van der Waals surface area contributed by atoms with Gasteiger partial charge in [-0.15, -0.1) is 0 Å². The lowest BCUT2D eigenvalue weighted by molar-refractivity contribution is 0.471. The summed E-state index contributed by atoms with van der Waals surface area (Å²) in [5.74, 6) is -0.00463. The van der Waals surface area contributed by atoms with E-state index in [-0.39, 0.29) is 11.3 Å². The van der Waals surface area contributed by atoms with Gasteiger partial charge in [-0.1, -0.05) is 12.1 Å². The lowest BCUT2D eigenvalue weighted by Gasteiger charge is -1.97. The van der Waals surface area contributed by atoms with Crippen molar-refractivity contribution in [2.75, 3.05) is 0 Å². The van der Waals surface area contributed by atoms with Gasteiger partial charge in [0.2, 0.25) is 6.29 Å². The fourth-order valence-electron chi connectivity index (χ4n) is 0.785. The van der Waals surface area contributed by atoms with Crippen LogP contribution in [0.25, 0.3) is 0 Å². The Labute approximate surface area is 59.1 Å². The summed E-state index contributed by atoms with van der Waals surface area (Å²) >= 11 is 0. The minimum Gasteiger partial charge on any atom is -0.507 e. The summed E-state index contributed by atoms with van der Waals surface area (Å²) in [7, 11) is 0. The molecule has 0 heterocycles. The number of phenolic OH excluding ortho intramolecular Hbond substituents is 1. The van der Waals surface area contributed by atoms with Gasteiger partial charge >= 0.3 is 0 Å². The molecule has 1 radical (unpaired) electrons. The highest BCUT2D eigenvalue weighted by Crippen LogP contribution is 2.16. The smallest absolute Gasteiger partial charge is 0.237 e. The Balaban J connectivity index is 3.30. The summed E-state index contributed by atoms with van der Waals surface area (Å²) in [6, 6.07) is 4.90. The molecule has 0 atom stereocenters. The number of benzene rings is 1. The van der Waals surface area contributed by atoms with Crippen molar-refractivity contribution in [3.63, 3.8) is 0 Å². The summed E-state index contributed by atoms with van der Waals surface area (Å²) in [5.41, 5.74) is 0.998. The van der Waals surface area contributed by atoms with E-state index in [0.29, 0.717) is 0 Å². The Morgan fingerprint density at radius 2 is 2.20 bits per heavy atom. The number of hydrogen-bond donors (Lipinski definition) is 1. The van der Waals surface area contributed by atoms with Crippen LogP contribution in [-0.4, -0.2) is 11.4 Å². The van der Waals surface area contributed by atoms with Crippen molar-refractivity contribution in [1.29, 1.82) is 0 Å². The molecule has 1 N–H and O–H groups in total. The predicted octanol–water partition coefficient (Wildman–Crippen LogP) is 1.16. The normalized spacial score (nSPS) is 9.30. The first-order chi connectivity index (χ1) is 4.75. The predicted molar refractivity (Wildman–Crippen MR) is 37.6 cm³/mol. The van der Waals surface area contributed by atoms with Gasteiger partial charge < -0.3 is 5.11 Å². The van der Waals surface area contributed by atoms with Crippen molar-refractivity contribution in [2.45, 2.75) is 6.92 Å². The average Bonchev–Trinajstić information content (AvgIpc) is 1.88. The molecule has 0 aliphatic heterocycles. The van der Waals surface area contributed by atoms with Crippen LogP contribution >= 0.6 is 0 Å². The number of hydrogen-bond acceptors (Lipinski definition) is 2. The molecular weight excluding hydrogens is 128 g/mol. The minimum absolute atomic E-state index is 0.00463. The highest BCUT2D eigenvalue weighted by atomic mass is 16.3. The molecule has 0 saturated carbocycles. The van der Waals surface area contributed by atoms with E-state index in [1.165, 1.54) is 6.07 Å². The van der Waals surface area contributed by atoms with E-state index < -0.39 is 0 Å². The minimum atomic E-state index is -0.00463. The third kappa shape index (κ3) is 1.00. The molecule has 0 unspecified atom stereocenters. The Morgan fingerprint density at radius 3 is 2.60 bits per heavy atom. The van der Waals surface area contributed by atoms with Crippen LogP contribution in [0.1, 0.15) is 11.1 Å². The maximum atomic E-state index is 10.2. The van der Waals surface area contributed by atoms with Crippen LogP contribution in [0.2, 0.25) is 0 Å². The van der Waals surface area contributed by atoms with Crippen LogP contribution in [0.15, 0.2) is 18.2 Å². The van der Waals surface area contributed by atoms with E-state index >= 15 is 0 Å². The first kappa shape index (κ1) is 6.81. The van der Waals surface area contributed by atoms with Crippen LogP contribution < -0.4 is 0 Å². The SMILES string of the molecule is Cc1cccc(O)c1[C]=O. The standard InChI is InChI=1S/C8H7O2/c1-6-3-2-4-8(10)7(6)5-9/h2-4,10H,1H3. The summed E-state index contributed by atoms with van der Waals surface area (Å²) in [4.78, 5) is 10.2. The molecule has 1 rings (SSSR count). The quantitative estimate of drug-likeness (QED) is 0.627. The zero-order chi connectivity index (χ0) is 7.56. The van der Waals surface area contributed by atoms with Crippen LogP contribution in [0.4, 0.5) is 0 Å². The van der Waals surface area contributed by atoms with Gasteiger partial charge in [0.25, 0.3) is 0 Å². The second-order valence-corrected chi connectivity index (χ2v) is 2.07. The van der Waals surface area contributed by atoms with Crippen molar-refractivity contribution in [3.05, 3.63) is 29.3 Å². The van der Waals surface area contributed by atoms with E-state index in [9.17, 15) is 4.79 Å². The second kappa shape index (κ2) is 2.52. The number of aromatic hydroxyl groups is 1. The van der Waals surface area contributed by atoms with Gasteiger partial charge in [-0.25, -0.2) is 0 Å². The van der Waals surface area contributed by atoms with Gasteiger partial charge in [-0.05, 0) is 18.6 Å². The first-order valence-electron chi connectivity index (χ1n) is 2.92. The van der Waals surface area contributed by atoms with Crippen molar-refractivity contribution in [3.8, 4) is 5.75 Å². The van der Waals surface area contributed by atoms with E-state index in [1.807, 2.05) is 0 Å². The molecule has 0 bridgehead atoms. The third-order valence-electron chi connectivity index (χ3n) is 1.35. The third-order valence-corrected chi connectivity index (χ3v) is 1.35. The molecular formula is C8H7O2. The van der Waals surface area contributed by atoms with Gasteiger partial charge in [0.1, 0.15) is 5.75 Å². The van der Waals surface area contributed by atoms with Crippen LogP contribution in [0.5, 0.6) is 5.75 Å². The first-order valence-corrected chi connectivity index (χ1v) is 2.92. The van der Waals surface area contributed by atoms with Crippen molar-refractivity contribution in [2.24, 2.45) is 0 Å². The Kier molecular flexibility index (Phi) is 1.71. The average molecular weight is 135 g/mol. The second-order valence-electron chi connectivity index (χ2n) is 2.07. The van der Waals surface area contributed by atoms with Gasteiger partial charge in [0.15, 0.2) is 0 Å². The van der Waals surface area contributed by atoms with Gasteiger partial charge in [0.05, 0.1) is 5.56 Å². The van der Waals surface area contributed by atoms with Crippen molar-refractivity contribution in [1.82, 2.24) is 0 Å². The fourth-order valence-corrected chi connectivity index (χ4v) is 0.785. The molecule has 10 heavy (non-hydrogen) atoms. The van der Waals surface area contributed by atoms with Gasteiger partial charge in [-0.2, -0.15) is 0 Å². The molecule has 0 amide bonds. The highest BCUT2D eigenvalue weighted by Gasteiger charge is 2.01. The Morgan fingerprint density at radius 1 is 1.50 bits per heavy atom. The van der Waals surface area contributed by atoms with E-state index in [0.717, 1.165) is 5.56 Å². The van der Waals surface area contributed by atoms with Gasteiger partial charge in [-0.3, -0.25) is 4.79 Å². The molecule has 0 fully saturated rings. The topological polar surface area (TPSA) is 37.3 Å². The zero-order valence-corrected chi connectivity index (χ0v) is 5.59. The highest BCUT2D eigenvalue weighted by molar-refractivity contribution is 5.81. The van der Waals surface area contributed by atoms with E-state index in [4.69, 9.17) is 5.11 Å². The molecule has 1 aromatic carbocycles. The fraction of sp³-hybridized carbons (Fsp3) is 0.125. The number of rotatable bonds is 1. The summed E-state index contributed by atoms with van der Waals surface area (Å²) in [6.07, 6.45) is 1.66. The lowest BCUT2D eigenvalue weighted by Crippen LogP contribution is -1.85. The van der Waals surface area contributed by atoms with E-state index in [1.54, 1.807) is 25.3 Å². The van der Waals surface area contributed by atoms with Crippen LogP contribution in [0.3, 0.4) is 0 Å². The maximum absolute atomic E-state index is 10.2. The lowest BCUT2D eigenvalue weighted by atomic mass is 10.1. The zero-order valence-electron chi connectivity index (χ0n) is 5.59. The largest absolute Gasteiger partial charge is 0.507 e. The molecule has 0 aromatic heterocycles. The Bertz CT molecular complexity index is 233. The molecule has 0 saturated heterocycles. The molecule has 2 heteroatoms.